The van der Waals surface area contributed by atoms with Crippen LogP contribution in [0.3, 0.4) is 0 Å². The van der Waals surface area contributed by atoms with E-state index in [2.05, 4.69) is 5.32 Å². The third-order valence-corrected chi connectivity index (χ3v) is 2.12. The first-order valence-corrected chi connectivity index (χ1v) is 4.74. The highest BCUT2D eigenvalue weighted by Crippen LogP contribution is 2.19. The first-order valence-electron chi connectivity index (χ1n) is 4.74. The van der Waals surface area contributed by atoms with Crippen LogP contribution in [0.15, 0.2) is 18.2 Å². The van der Waals surface area contributed by atoms with E-state index in [0.717, 1.165) is 0 Å². The predicted octanol–water partition coefficient (Wildman–Crippen LogP) is 0.454. The Morgan fingerprint density at radius 1 is 1.31 bits per heavy atom. The van der Waals surface area contributed by atoms with Gasteiger partial charge in [0.25, 0.3) is 11.8 Å². The Bertz CT molecular complexity index is 427. The lowest BCUT2D eigenvalue weighted by Crippen LogP contribution is -2.23. The second-order valence-corrected chi connectivity index (χ2v) is 3.51. The molecule has 0 atom stereocenters. The molecule has 0 aliphatic rings. The average molecular weight is 222 g/mol. The van der Waals surface area contributed by atoms with Gasteiger partial charge in [-0.25, -0.2) is 0 Å². The van der Waals surface area contributed by atoms with Crippen molar-refractivity contribution in [1.29, 1.82) is 0 Å². The van der Waals surface area contributed by atoms with Crippen molar-refractivity contribution in [3.8, 4) is 5.75 Å². The van der Waals surface area contributed by atoms with Crippen LogP contribution in [0.5, 0.6) is 5.75 Å². The molecule has 0 saturated heterocycles. The third-order valence-electron chi connectivity index (χ3n) is 2.12. The largest absolute Gasteiger partial charge is 0.507 e. The van der Waals surface area contributed by atoms with Gasteiger partial charge >= 0.3 is 0 Å². The number of phenolic OH excluding ortho intramolecular Hbond substituents is 1. The molecule has 5 nitrogen and oxygen atoms in total. The van der Waals surface area contributed by atoms with E-state index < -0.39 is 0 Å². The number of aromatic hydroxyl groups is 1. The van der Waals surface area contributed by atoms with Crippen LogP contribution in [0.1, 0.15) is 20.7 Å². The highest BCUT2D eigenvalue weighted by molar-refractivity contribution is 6.01. The molecule has 0 fully saturated rings. The van der Waals surface area contributed by atoms with Gasteiger partial charge in [-0.2, -0.15) is 0 Å². The number of nitrogens with one attached hydrogen (secondary N) is 1. The standard InChI is InChI=1S/C11H14N2O3/c1-12-10(15)7-4-5-9(14)8(6-7)11(16)13(2)3/h4-6,14H,1-3H3,(H,12,15). The number of rotatable bonds is 2. The van der Waals surface area contributed by atoms with Crippen LogP contribution in [0.25, 0.3) is 0 Å². The van der Waals surface area contributed by atoms with Crippen molar-refractivity contribution in [2.75, 3.05) is 21.1 Å². The number of phenols is 1. The van der Waals surface area contributed by atoms with Crippen molar-refractivity contribution >= 4 is 11.8 Å². The maximum atomic E-state index is 11.7. The van der Waals surface area contributed by atoms with Crippen molar-refractivity contribution in [2.45, 2.75) is 0 Å². The van der Waals surface area contributed by atoms with E-state index in [1.165, 1.54) is 30.1 Å². The normalized spacial score (nSPS) is 9.69. The molecule has 1 aromatic carbocycles. The lowest BCUT2D eigenvalue weighted by atomic mass is 10.1. The van der Waals surface area contributed by atoms with Gasteiger partial charge in [0.15, 0.2) is 0 Å². The highest BCUT2D eigenvalue weighted by Gasteiger charge is 2.15. The van der Waals surface area contributed by atoms with Crippen molar-refractivity contribution < 1.29 is 14.7 Å². The summed E-state index contributed by atoms with van der Waals surface area (Å²) in [7, 11) is 4.66. The molecule has 0 unspecified atom stereocenters. The number of amides is 2. The summed E-state index contributed by atoms with van der Waals surface area (Å²) in [6.45, 7) is 0. The average Bonchev–Trinajstić information content (AvgIpc) is 2.27. The second kappa shape index (κ2) is 4.65. The maximum Gasteiger partial charge on any atom is 0.257 e. The van der Waals surface area contributed by atoms with Crippen LogP contribution in [-0.2, 0) is 0 Å². The van der Waals surface area contributed by atoms with Gasteiger partial charge in [0.2, 0.25) is 0 Å². The molecule has 86 valence electrons. The molecule has 0 aliphatic carbocycles. The van der Waals surface area contributed by atoms with Gasteiger partial charge in [0, 0.05) is 26.7 Å². The van der Waals surface area contributed by atoms with Crippen molar-refractivity contribution in [2.24, 2.45) is 0 Å². The molecule has 5 heteroatoms. The molecule has 0 aromatic heterocycles. The van der Waals surface area contributed by atoms with Crippen molar-refractivity contribution in [1.82, 2.24) is 10.2 Å². The molecule has 0 spiro atoms. The van der Waals surface area contributed by atoms with E-state index in [-0.39, 0.29) is 23.1 Å². The van der Waals surface area contributed by atoms with Gasteiger partial charge in [-0.05, 0) is 18.2 Å². The number of hydrogen-bond donors (Lipinski definition) is 2. The maximum absolute atomic E-state index is 11.7. The third kappa shape index (κ3) is 2.31. The Morgan fingerprint density at radius 2 is 1.94 bits per heavy atom. The minimum atomic E-state index is -0.344. The Hall–Kier alpha value is -2.04. The molecule has 0 bridgehead atoms. The van der Waals surface area contributed by atoms with E-state index in [1.54, 1.807) is 14.1 Å². The molecule has 0 aliphatic heterocycles. The summed E-state index contributed by atoms with van der Waals surface area (Å²) in [6, 6.07) is 4.17. The number of nitrogens with zero attached hydrogens (tertiary/aromatic N) is 1. The topological polar surface area (TPSA) is 69.6 Å². The fraction of sp³-hybridized carbons (Fsp3) is 0.273. The fourth-order valence-electron chi connectivity index (χ4n) is 1.23. The van der Waals surface area contributed by atoms with E-state index in [1.807, 2.05) is 0 Å². The summed E-state index contributed by atoms with van der Waals surface area (Å²) < 4.78 is 0. The summed E-state index contributed by atoms with van der Waals surface area (Å²) in [5.41, 5.74) is 0.455. The first-order chi connectivity index (χ1) is 7.47. The van der Waals surface area contributed by atoms with E-state index >= 15 is 0 Å². The Labute approximate surface area is 93.7 Å². The molecule has 0 radical (unpaired) electrons. The van der Waals surface area contributed by atoms with Crippen molar-refractivity contribution in [3.05, 3.63) is 29.3 Å². The molecule has 16 heavy (non-hydrogen) atoms. The molecule has 2 N–H and O–H groups in total. The first kappa shape index (κ1) is 12.0. The Balaban J connectivity index is 3.18. The summed E-state index contributed by atoms with van der Waals surface area (Å²) in [4.78, 5) is 24.4. The number of benzene rings is 1. The quantitative estimate of drug-likeness (QED) is 0.763. The van der Waals surface area contributed by atoms with E-state index in [4.69, 9.17) is 0 Å². The smallest absolute Gasteiger partial charge is 0.257 e. The van der Waals surface area contributed by atoms with Gasteiger partial charge < -0.3 is 15.3 Å². The highest BCUT2D eigenvalue weighted by atomic mass is 16.3. The van der Waals surface area contributed by atoms with Crippen LogP contribution in [-0.4, -0.2) is 43.0 Å². The monoisotopic (exact) mass is 222 g/mol. The molecule has 1 aromatic rings. The zero-order valence-corrected chi connectivity index (χ0v) is 9.44. The molecule has 1 rings (SSSR count). The molecule has 0 heterocycles. The molecular weight excluding hydrogens is 208 g/mol. The second-order valence-electron chi connectivity index (χ2n) is 3.51. The SMILES string of the molecule is CNC(=O)c1ccc(O)c(C(=O)N(C)C)c1. The summed E-state index contributed by atoms with van der Waals surface area (Å²) in [5.74, 6) is -0.776. The van der Waals surface area contributed by atoms with Gasteiger partial charge in [0.05, 0.1) is 5.56 Å². The summed E-state index contributed by atoms with van der Waals surface area (Å²) >= 11 is 0. The van der Waals surface area contributed by atoms with Crippen LogP contribution < -0.4 is 5.32 Å². The lowest BCUT2D eigenvalue weighted by molar-refractivity contribution is 0.0824. The van der Waals surface area contributed by atoms with Gasteiger partial charge in [-0.3, -0.25) is 9.59 Å². The minimum absolute atomic E-state index is 0.117. The molecule has 0 saturated carbocycles. The van der Waals surface area contributed by atoms with E-state index in [0.29, 0.717) is 5.56 Å². The minimum Gasteiger partial charge on any atom is -0.507 e. The predicted molar refractivity (Wildman–Crippen MR) is 59.5 cm³/mol. The van der Waals surface area contributed by atoms with Gasteiger partial charge in [0.1, 0.15) is 5.75 Å². The van der Waals surface area contributed by atoms with Crippen molar-refractivity contribution in [3.63, 3.8) is 0 Å². The van der Waals surface area contributed by atoms with E-state index in [9.17, 15) is 14.7 Å². The number of carbonyl (C=O) groups is 2. The van der Waals surface area contributed by atoms with Crippen LogP contribution in [0.4, 0.5) is 0 Å². The summed E-state index contributed by atoms with van der Waals surface area (Å²) in [5, 5.41) is 12.0. The fourth-order valence-corrected chi connectivity index (χ4v) is 1.23. The summed E-state index contributed by atoms with van der Waals surface area (Å²) in [6.07, 6.45) is 0. The molecular formula is C11H14N2O3. The Morgan fingerprint density at radius 3 is 2.44 bits per heavy atom. The van der Waals surface area contributed by atoms with Crippen LogP contribution >= 0.6 is 0 Å². The van der Waals surface area contributed by atoms with Gasteiger partial charge in [-0.1, -0.05) is 0 Å². The number of hydrogen-bond acceptors (Lipinski definition) is 3. The number of carbonyl (C=O) groups excluding carboxylic acids is 2. The molecule has 2 amide bonds. The van der Waals surface area contributed by atoms with Gasteiger partial charge in [-0.15, -0.1) is 0 Å². The lowest BCUT2D eigenvalue weighted by Gasteiger charge is -2.12. The zero-order valence-electron chi connectivity index (χ0n) is 9.44. The van der Waals surface area contributed by atoms with Crippen LogP contribution in [0.2, 0.25) is 0 Å². The Kier molecular flexibility index (Phi) is 3.50. The zero-order chi connectivity index (χ0) is 12.3. The van der Waals surface area contributed by atoms with Crippen LogP contribution in [0, 0.1) is 0 Å².